The first-order valence-electron chi connectivity index (χ1n) is 10.9. The van der Waals surface area contributed by atoms with Gasteiger partial charge in [0, 0.05) is 24.1 Å². The van der Waals surface area contributed by atoms with E-state index in [1.54, 1.807) is 54.5 Å². The Labute approximate surface area is 207 Å². The van der Waals surface area contributed by atoms with Crippen LogP contribution in [0.1, 0.15) is 19.3 Å². The molecular formula is C24H26ClN3O5S. The van der Waals surface area contributed by atoms with Crippen molar-refractivity contribution in [1.29, 1.82) is 0 Å². The molecule has 0 unspecified atom stereocenters. The van der Waals surface area contributed by atoms with E-state index in [1.165, 1.54) is 18.9 Å². The molecule has 180 valence electrons. The van der Waals surface area contributed by atoms with E-state index >= 15 is 0 Å². The summed E-state index contributed by atoms with van der Waals surface area (Å²) in [5.74, 6) is 0.635. The van der Waals surface area contributed by atoms with Crippen molar-refractivity contribution in [2.45, 2.75) is 30.6 Å². The van der Waals surface area contributed by atoms with Gasteiger partial charge in [-0.25, -0.2) is 4.99 Å². The highest BCUT2D eigenvalue weighted by Crippen LogP contribution is 2.34. The number of amides is 2. The Morgan fingerprint density at radius 3 is 2.71 bits per heavy atom. The Morgan fingerprint density at radius 2 is 2.03 bits per heavy atom. The maximum Gasteiger partial charge on any atom is 0.242 e. The van der Waals surface area contributed by atoms with Crippen LogP contribution in [-0.2, 0) is 14.3 Å². The summed E-state index contributed by atoms with van der Waals surface area (Å²) in [5.41, 5.74) is 1.16. The number of rotatable bonds is 8. The van der Waals surface area contributed by atoms with E-state index in [0.29, 0.717) is 46.2 Å². The molecule has 0 bridgehead atoms. The number of amidine groups is 1. The van der Waals surface area contributed by atoms with Crippen LogP contribution in [0.15, 0.2) is 47.5 Å². The zero-order valence-electron chi connectivity index (χ0n) is 19.0. The minimum atomic E-state index is -0.593. The number of carbonyl (C=O) groups excluding carboxylic acids is 2. The number of ether oxygens (including phenoxy) is 3. The van der Waals surface area contributed by atoms with Crippen molar-refractivity contribution >= 4 is 51.7 Å². The molecule has 34 heavy (non-hydrogen) atoms. The third-order valence-electron chi connectivity index (χ3n) is 5.53. The van der Waals surface area contributed by atoms with Crippen molar-refractivity contribution in [1.82, 2.24) is 4.90 Å². The van der Waals surface area contributed by atoms with Crippen LogP contribution in [0.25, 0.3) is 0 Å². The number of nitrogens with one attached hydrogen (secondary N) is 1. The van der Waals surface area contributed by atoms with Crippen LogP contribution in [0.2, 0.25) is 5.02 Å². The fraction of sp³-hybridized carbons (Fsp3) is 0.375. The van der Waals surface area contributed by atoms with Crippen molar-refractivity contribution in [2.24, 2.45) is 4.99 Å². The first-order chi connectivity index (χ1) is 16.5. The fourth-order valence-corrected chi connectivity index (χ4v) is 5.09. The van der Waals surface area contributed by atoms with Gasteiger partial charge in [0.2, 0.25) is 11.8 Å². The Morgan fingerprint density at radius 1 is 1.24 bits per heavy atom. The standard InChI is InChI=1S/C24H26ClN3O5S/c1-31-17-9-10-20(32-2)19(12-17)27-22(29)13-21-23(30)28(14-18-4-3-11-33-18)24(34-21)26-16-7-5-15(25)6-8-16/h5-10,12,18,21H,3-4,11,13-14H2,1-2H3,(H,27,29)/t18-,21-/m0/s1. The molecule has 2 heterocycles. The monoisotopic (exact) mass is 503 g/mol. The second-order valence-electron chi connectivity index (χ2n) is 7.88. The van der Waals surface area contributed by atoms with Gasteiger partial charge in [-0.2, -0.15) is 0 Å². The van der Waals surface area contributed by atoms with Gasteiger partial charge in [0.15, 0.2) is 5.17 Å². The molecule has 2 amide bonds. The highest BCUT2D eigenvalue weighted by atomic mass is 35.5. The molecule has 2 atom stereocenters. The number of thioether (sulfide) groups is 1. The first kappa shape index (κ1) is 24.4. The van der Waals surface area contributed by atoms with Crippen LogP contribution in [-0.4, -0.2) is 60.6 Å². The summed E-state index contributed by atoms with van der Waals surface area (Å²) >= 11 is 7.27. The van der Waals surface area contributed by atoms with E-state index in [2.05, 4.69) is 10.3 Å². The van der Waals surface area contributed by atoms with Crippen LogP contribution >= 0.6 is 23.4 Å². The normalized spacial score (nSPS) is 21.2. The molecule has 2 saturated heterocycles. The van der Waals surface area contributed by atoms with Crippen LogP contribution < -0.4 is 14.8 Å². The Balaban J connectivity index is 1.50. The summed E-state index contributed by atoms with van der Waals surface area (Å²) in [6, 6.07) is 12.2. The zero-order chi connectivity index (χ0) is 24.1. The van der Waals surface area contributed by atoms with E-state index in [1.807, 2.05) is 0 Å². The summed E-state index contributed by atoms with van der Waals surface area (Å²) < 4.78 is 16.3. The third-order valence-corrected chi connectivity index (χ3v) is 6.96. The van der Waals surface area contributed by atoms with Gasteiger partial charge in [-0.3, -0.25) is 14.5 Å². The van der Waals surface area contributed by atoms with Crippen molar-refractivity contribution in [3.05, 3.63) is 47.5 Å². The maximum atomic E-state index is 13.3. The van der Waals surface area contributed by atoms with Crippen molar-refractivity contribution < 1.29 is 23.8 Å². The molecule has 0 radical (unpaired) electrons. The SMILES string of the molecule is COc1ccc(OC)c(NC(=O)C[C@@H]2SC(=Nc3ccc(Cl)cc3)N(C[C@@H]3CCCO3)C2=O)c1. The predicted molar refractivity (Wildman–Crippen MR) is 133 cm³/mol. The predicted octanol–water partition coefficient (Wildman–Crippen LogP) is 4.50. The average Bonchev–Trinajstić information content (AvgIpc) is 3.45. The number of benzene rings is 2. The van der Waals surface area contributed by atoms with Gasteiger partial charge in [0.1, 0.15) is 16.7 Å². The van der Waals surface area contributed by atoms with Crippen molar-refractivity contribution in [3.63, 3.8) is 0 Å². The quantitative estimate of drug-likeness (QED) is 0.570. The molecule has 0 aromatic heterocycles. The van der Waals surface area contributed by atoms with Crippen LogP contribution in [0.3, 0.4) is 0 Å². The second-order valence-corrected chi connectivity index (χ2v) is 9.49. The summed E-state index contributed by atoms with van der Waals surface area (Å²) in [6.07, 6.45) is 1.82. The number of aliphatic imine (C=N–C) groups is 1. The second kappa shape index (κ2) is 11.1. The Hall–Kier alpha value is -2.75. The van der Waals surface area contributed by atoms with Gasteiger partial charge in [-0.05, 0) is 49.2 Å². The lowest BCUT2D eigenvalue weighted by Gasteiger charge is -2.20. The topological polar surface area (TPSA) is 89.5 Å². The largest absolute Gasteiger partial charge is 0.497 e. The molecule has 0 aliphatic carbocycles. The summed E-state index contributed by atoms with van der Waals surface area (Å²) in [5, 5.41) is 3.41. The molecule has 2 aromatic rings. The molecule has 8 nitrogen and oxygen atoms in total. The van der Waals surface area contributed by atoms with E-state index < -0.39 is 5.25 Å². The lowest BCUT2D eigenvalue weighted by molar-refractivity contribution is -0.129. The van der Waals surface area contributed by atoms with Gasteiger partial charge < -0.3 is 19.5 Å². The van der Waals surface area contributed by atoms with Crippen LogP contribution in [0.5, 0.6) is 11.5 Å². The van der Waals surface area contributed by atoms with Crippen molar-refractivity contribution in [2.75, 3.05) is 32.7 Å². The highest BCUT2D eigenvalue weighted by molar-refractivity contribution is 8.15. The molecule has 2 aliphatic rings. The number of nitrogens with zero attached hydrogens (tertiary/aromatic N) is 2. The van der Waals surface area contributed by atoms with Crippen molar-refractivity contribution in [3.8, 4) is 11.5 Å². The van der Waals surface area contributed by atoms with Gasteiger partial charge in [-0.15, -0.1) is 0 Å². The molecule has 0 spiro atoms. The number of anilines is 1. The zero-order valence-corrected chi connectivity index (χ0v) is 20.5. The average molecular weight is 504 g/mol. The van der Waals surface area contributed by atoms with Gasteiger partial charge in [0.25, 0.3) is 0 Å². The van der Waals surface area contributed by atoms with E-state index in [0.717, 1.165) is 12.8 Å². The van der Waals surface area contributed by atoms with Gasteiger partial charge in [-0.1, -0.05) is 23.4 Å². The fourth-order valence-electron chi connectivity index (χ4n) is 3.79. The summed E-state index contributed by atoms with van der Waals surface area (Å²) in [4.78, 5) is 32.5. The minimum absolute atomic E-state index is 0.00841. The molecule has 4 rings (SSSR count). The smallest absolute Gasteiger partial charge is 0.242 e. The Kier molecular flexibility index (Phi) is 7.97. The Bertz CT molecular complexity index is 1070. The maximum absolute atomic E-state index is 13.3. The number of hydrogen-bond acceptors (Lipinski definition) is 7. The molecule has 2 aliphatic heterocycles. The lowest BCUT2D eigenvalue weighted by Crippen LogP contribution is -2.38. The van der Waals surface area contributed by atoms with Gasteiger partial charge in [0.05, 0.1) is 38.2 Å². The first-order valence-corrected chi connectivity index (χ1v) is 12.2. The summed E-state index contributed by atoms with van der Waals surface area (Å²) in [7, 11) is 3.07. The third kappa shape index (κ3) is 5.84. The van der Waals surface area contributed by atoms with E-state index in [4.69, 9.17) is 25.8 Å². The van der Waals surface area contributed by atoms with E-state index in [-0.39, 0.29) is 24.3 Å². The highest BCUT2D eigenvalue weighted by Gasteiger charge is 2.40. The summed E-state index contributed by atoms with van der Waals surface area (Å²) in [6.45, 7) is 1.11. The molecule has 2 fully saturated rings. The number of halogens is 1. The van der Waals surface area contributed by atoms with Gasteiger partial charge >= 0.3 is 0 Å². The van der Waals surface area contributed by atoms with E-state index in [9.17, 15) is 9.59 Å². The van der Waals surface area contributed by atoms with Crippen LogP contribution in [0.4, 0.5) is 11.4 Å². The number of methoxy groups -OCH3 is 2. The minimum Gasteiger partial charge on any atom is -0.497 e. The number of carbonyl (C=O) groups is 2. The van der Waals surface area contributed by atoms with Crippen LogP contribution in [0, 0.1) is 0 Å². The molecular weight excluding hydrogens is 478 g/mol. The molecule has 2 aromatic carbocycles. The lowest BCUT2D eigenvalue weighted by atomic mass is 10.2. The molecule has 1 N–H and O–H groups in total. The molecule has 10 heteroatoms. The molecule has 0 saturated carbocycles. The number of hydrogen-bond donors (Lipinski definition) is 1.